The van der Waals surface area contributed by atoms with E-state index in [9.17, 15) is 8.78 Å². The Bertz CT molecular complexity index is 649. The summed E-state index contributed by atoms with van der Waals surface area (Å²) in [6.07, 6.45) is 0. The highest BCUT2D eigenvalue weighted by Gasteiger charge is 2.12. The van der Waals surface area contributed by atoms with Crippen LogP contribution >= 0.6 is 27.5 Å². The standard InChI is InChI=1S/C12H9BrClF2N3/c1-5-6(2)12(19-18-11(5)14)17-10-4-8(15)7(13)3-9(10)16/h3-4H,1-2H3,(H,17,19). The number of aromatic nitrogens is 2. The lowest BCUT2D eigenvalue weighted by Crippen LogP contribution is -2.03. The van der Waals surface area contributed by atoms with Crippen molar-refractivity contribution in [3.05, 3.63) is 44.5 Å². The van der Waals surface area contributed by atoms with E-state index in [2.05, 4.69) is 31.4 Å². The Hall–Kier alpha value is -1.27. The molecule has 3 nitrogen and oxygen atoms in total. The van der Waals surface area contributed by atoms with Gasteiger partial charge in [0.25, 0.3) is 0 Å². The molecule has 0 atom stereocenters. The molecule has 1 aromatic heterocycles. The van der Waals surface area contributed by atoms with E-state index in [0.29, 0.717) is 5.82 Å². The predicted molar refractivity (Wildman–Crippen MR) is 73.9 cm³/mol. The summed E-state index contributed by atoms with van der Waals surface area (Å²) < 4.78 is 27.2. The summed E-state index contributed by atoms with van der Waals surface area (Å²) in [5.74, 6) is -0.829. The summed E-state index contributed by atoms with van der Waals surface area (Å²) in [6, 6.07) is 2.09. The van der Waals surface area contributed by atoms with Gasteiger partial charge in [-0.25, -0.2) is 8.78 Å². The lowest BCUT2D eigenvalue weighted by Gasteiger charge is -2.11. The number of benzene rings is 1. The molecule has 0 spiro atoms. The third-order valence-corrected chi connectivity index (χ3v) is 3.69. The lowest BCUT2D eigenvalue weighted by atomic mass is 10.2. The average molecular weight is 349 g/mol. The van der Waals surface area contributed by atoms with Crippen LogP contribution in [0.4, 0.5) is 20.3 Å². The summed E-state index contributed by atoms with van der Waals surface area (Å²) in [6.45, 7) is 3.54. The topological polar surface area (TPSA) is 37.8 Å². The normalized spacial score (nSPS) is 10.6. The zero-order valence-corrected chi connectivity index (χ0v) is 12.4. The Balaban J connectivity index is 2.42. The van der Waals surface area contributed by atoms with Gasteiger partial charge in [-0.2, -0.15) is 0 Å². The van der Waals surface area contributed by atoms with E-state index in [0.717, 1.165) is 23.3 Å². The van der Waals surface area contributed by atoms with Gasteiger partial charge in [0.2, 0.25) is 0 Å². The molecule has 0 bridgehead atoms. The number of halogens is 4. The molecule has 2 aromatic rings. The number of nitrogens with zero attached hydrogens (tertiary/aromatic N) is 2. The van der Waals surface area contributed by atoms with Gasteiger partial charge in [0.05, 0.1) is 10.2 Å². The molecule has 0 amide bonds. The van der Waals surface area contributed by atoms with Crippen molar-refractivity contribution in [2.45, 2.75) is 13.8 Å². The van der Waals surface area contributed by atoms with Crippen molar-refractivity contribution in [3.63, 3.8) is 0 Å². The van der Waals surface area contributed by atoms with E-state index in [1.54, 1.807) is 13.8 Å². The van der Waals surface area contributed by atoms with Gasteiger partial charge in [-0.3, -0.25) is 0 Å². The first-order valence-corrected chi connectivity index (χ1v) is 6.48. The van der Waals surface area contributed by atoms with Crippen molar-refractivity contribution in [1.82, 2.24) is 10.2 Å². The maximum Gasteiger partial charge on any atom is 0.156 e. The van der Waals surface area contributed by atoms with Gasteiger partial charge in [0, 0.05) is 6.07 Å². The third-order valence-electron chi connectivity index (χ3n) is 2.73. The van der Waals surface area contributed by atoms with Crippen LogP contribution in [0, 0.1) is 25.5 Å². The maximum atomic E-state index is 13.7. The predicted octanol–water partition coefficient (Wildman–Crippen LogP) is 4.53. The molecule has 1 aromatic carbocycles. The molecule has 100 valence electrons. The second kappa shape index (κ2) is 5.38. The lowest BCUT2D eigenvalue weighted by molar-refractivity contribution is 0.597. The molecular weight excluding hydrogens is 340 g/mol. The van der Waals surface area contributed by atoms with Crippen LogP contribution in [0.1, 0.15) is 11.1 Å². The first-order chi connectivity index (χ1) is 8.90. The van der Waals surface area contributed by atoms with Crippen LogP contribution in [-0.2, 0) is 0 Å². The number of anilines is 2. The molecule has 2 rings (SSSR count). The zero-order chi connectivity index (χ0) is 14.2. The molecule has 0 aliphatic carbocycles. The van der Waals surface area contributed by atoms with Crippen LogP contribution in [-0.4, -0.2) is 10.2 Å². The number of hydrogen-bond acceptors (Lipinski definition) is 3. The van der Waals surface area contributed by atoms with E-state index in [-0.39, 0.29) is 15.3 Å². The van der Waals surface area contributed by atoms with Crippen LogP contribution in [0.2, 0.25) is 5.15 Å². The molecule has 0 aliphatic rings. The second-order valence-electron chi connectivity index (χ2n) is 3.96. The Kier molecular flexibility index (Phi) is 4.01. The zero-order valence-electron chi connectivity index (χ0n) is 10.1. The molecule has 7 heteroatoms. The summed E-state index contributed by atoms with van der Waals surface area (Å²) in [7, 11) is 0. The van der Waals surface area contributed by atoms with E-state index in [4.69, 9.17) is 11.6 Å². The van der Waals surface area contributed by atoms with E-state index < -0.39 is 11.6 Å². The molecule has 19 heavy (non-hydrogen) atoms. The number of rotatable bonds is 2. The highest BCUT2D eigenvalue weighted by Crippen LogP contribution is 2.28. The molecule has 0 saturated carbocycles. The fourth-order valence-electron chi connectivity index (χ4n) is 1.44. The van der Waals surface area contributed by atoms with Gasteiger partial charge in [-0.05, 0) is 47.0 Å². The molecule has 0 unspecified atom stereocenters. The smallest absolute Gasteiger partial charge is 0.156 e. The molecule has 1 heterocycles. The van der Waals surface area contributed by atoms with Gasteiger partial charge in [-0.1, -0.05) is 11.6 Å². The van der Waals surface area contributed by atoms with E-state index in [1.807, 2.05) is 0 Å². The van der Waals surface area contributed by atoms with Gasteiger partial charge in [0.15, 0.2) is 11.0 Å². The van der Waals surface area contributed by atoms with Crippen LogP contribution in [0.15, 0.2) is 16.6 Å². The molecule has 1 N–H and O–H groups in total. The van der Waals surface area contributed by atoms with Crippen molar-refractivity contribution in [2.24, 2.45) is 0 Å². The second-order valence-corrected chi connectivity index (χ2v) is 5.17. The molecular formula is C12H9BrClF2N3. The minimum Gasteiger partial charge on any atom is -0.336 e. The summed E-state index contributed by atoms with van der Waals surface area (Å²) in [5, 5.41) is 10.6. The van der Waals surface area contributed by atoms with Crippen LogP contribution in [0.3, 0.4) is 0 Å². The Labute approximate surface area is 122 Å². The highest BCUT2D eigenvalue weighted by atomic mass is 79.9. The van der Waals surface area contributed by atoms with Crippen molar-refractivity contribution in [1.29, 1.82) is 0 Å². The monoisotopic (exact) mass is 347 g/mol. The SMILES string of the molecule is Cc1c(Cl)nnc(Nc2cc(F)c(Br)cc2F)c1C. The highest BCUT2D eigenvalue weighted by molar-refractivity contribution is 9.10. The van der Waals surface area contributed by atoms with Crippen molar-refractivity contribution < 1.29 is 8.78 Å². The fraction of sp³-hybridized carbons (Fsp3) is 0.167. The summed E-state index contributed by atoms with van der Waals surface area (Å²) in [4.78, 5) is 0. The Morgan fingerprint density at radius 2 is 1.79 bits per heavy atom. The molecule has 0 fully saturated rings. The van der Waals surface area contributed by atoms with Gasteiger partial charge >= 0.3 is 0 Å². The van der Waals surface area contributed by atoms with E-state index in [1.165, 1.54) is 0 Å². The average Bonchev–Trinajstić information content (AvgIpc) is 2.36. The summed E-state index contributed by atoms with van der Waals surface area (Å²) >= 11 is 8.74. The van der Waals surface area contributed by atoms with Gasteiger partial charge in [-0.15, -0.1) is 10.2 Å². The van der Waals surface area contributed by atoms with Crippen LogP contribution < -0.4 is 5.32 Å². The minimum absolute atomic E-state index is 0.0141. The van der Waals surface area contributed by atoms with Crippen molar-refractivity contribution in [2.75, 3.05) is 5.32 Å². The van der Waals surface area contributed by atoms with Crippen LogP contribution in [0.5, 0.6) is 0 Å². The fourth-order valence-corrected chi connectivity index (χ4v) is 1.94. The van der Waals surface area contributed by atoms with Crippen molar-refractivity contribution >= 4 is 39.0 Å². The Morgan fingerprint density at radius 1 is 1.11 bits per heavy atom. The molecule has 0 radical (unpaired) electrons. The molecule has 0 saturated heterocycles. The Morgan fingerprint density at radius 3 is 2.47 bits per heavy atom. The van der Waals surface area contributed by atoms with Gasteiger partial charge < -0.3 is 5.32 Å². The maximum absolute atomic E-state index is 13.7. The van der Waals surface area contributed by atoms with Crippen LogP contribution in [0.25, 0.3) is 0 Å². The largest absolute Gasteiger partial charge is 0.336 e. The number of nitrogens with one attached hydrogen (secondary N) is 1. The molecule has 0 aliphatic heterocycles. The van der Waals surface area contributed by atoms with Crippen molar-refractivity contribution in [3.8, 4) is 0 Å². The third kappa shape index (κ3) is 2.84. The quantitative estimate of drug-likeness (QED) is 0.810. The first-order valence-electron chi connectivity index (χ1n) is 5.31. The van der Waals surface area contributed by atoms with Gasteiger partial charge in [0.1, 0.15) is 11.6 Å². The van der Waals surface area contributed by atoms with E-state index >= 15 is 0 Å². The summed E-state index contributed by atoms with van der Waals surface area (Å²) in [5.41, 5.74) is 1.44. The number of hydrogen-bond donors (Lipinski definition) is 1. The first kappa shape index (κ1) is 14.1. The minimum atomic E-state index is -0.595.